The average Bonchev–Trinajstić information content (AvgIpc) is 3.32. The van der Waals surface area contributed by atoms with Crippen molar-refractivity contribution in [2.24, 2.45) is 17.1 Å². The third kappa shape index (κ3) is 3.54. The highest BCUT2D eigenvalue weighted by Gasteiger charge is 2.46. The van der Waals surface area contributed by atoms with E-state index in [1.54, 1.807) is 6.20 Å². The summed E-state index contributed by atoms with van der Waals surface area (Å²) < 4.78 is 2.09. The Balaban J connectivity index is 1.45. The number of rotatable bonds is 3. The molecule has 7 nitrogen and oxygen atoms in total. The van der Waals surface area contributed by atoms with Crippen LogP contribution in [0.2, 0.25) is 5.02 Å². The molecule has 2 fully saturated rings. The predicted octanol–water partition coefficient (Wildman–Crippen LogP) is 4.16. The van der Waals surface area contributed by atoms with Crippen molar-refractivity contribution in [3.8, 4) is 0 Å². The van der Waals surface area contributed by atoms with E-state index in [-0.39, 0.29) is 0 Å². The van der Waals surface area contributed by atoms with E-state index in [1.807, 2.05) is 25.4 Å². The van der Waals surface area contributed by atoms with Crippen LogP contribution in [0.4, 0.5) is 11.8 Å². The van der Waals surface area contributed by atoms with Gasteiger partial charge in [0.1, 0.15) is 5.82 Å². The lowest BCUT2D eigenvalue weighted by atomic mass is 9.74. The molecule has 164 valence electrons. The van der Waals surface area contributed by atoms with Crippen LogP contribution in [0.5, 0.6) is 0 Å². The van der Waals surface area contributed by atoms with E-state index in [4.69, 9.17) is 28.1 Å². The maximum Gasteiger partial charge on any atom is 0.211 e. The quantitative estimate of drug-likeness (QED) is 0.609. The van der Waals surface area contributed by atoms with Crippen LogP contribution >= 0.6 is 23.4 Å². The van der Waals surface area contributed by atoms with Crippen LogP contribution in [0.25, 0.3) is 5.65 Å². The molecule has 3 aromatic heterocycles. The summed E-state index contributed by atoms with van der Waals surface area (Å²) in [5, 5.41) is 0.462. The highest BCUT2D eigenvalue weighted by atomic mass is 35.5. The Morgan fingerprint density at radius 2 is 2.00 bits per heavy atom. The number of nitrogen functional groups attached to an aromatic ring is 1. The number of halogens is 1. The fraction of sp³-hybridized carbons (Fsp3) is 0.500. The van der Waals surface area contributed by atoms with Crippen LogP contribution in [-0.2, 0) is 0 Å². The van der Waals surface area contributed by atoms with Crippen molar-refractivity contribution in [3.63, 3.8) is 0 Å². The molecule has 0 radical (unpaired) electrons. The SMILES string of the molecule is Cc1nc(N2CCC3(CC2)C[C@@H](C)C[C@H]3N)n2ccnc2c1Sc1ccnc(N)c1Cl. The number of imidazole rings is 1. The smallest absolute Gasteiger partial charge is 0.211 e. The largest absolute Gasteiger partial charge is 0.382 e. The van der Waals surface area contributed by atoms with Crippen LogP contribution in [-0.4, -0.2) is 38.5 Å². The van der Waals surface area contributed by atoms with Crippen LogP contribution in [0.15, 0.2) is 34.4 Å². The molecule has 0 amide bonds. The molecule has 1 spiro atoms. The van der Waals surface area contributed by atoms with Gasteiger partial charge in [-0.1, -0.05) is 30.3 Å². The van der Waals surface area contributed by atoms with E-state index in [2.05, 4.69) is 26.2 Å². The van der Waals surface area contributed by atoms with Gasteiger partial charge in [-0.2, -0.15) is 0 Å². The second-order valence-electron chi connectivity index (χ2n) is 9.06. The summed E-state index contributed by atoms with van der Waals surface area (Å²) in [5.74, 6) is 2.01. The van der Waals surface area contributed by atoms with Gasteiger partial charge in [-0.05, 0) is 50.0 Å². The summed E-state index contributed by atoms with van der Waals surface area (Å²) in [7, 11) is 0. The lowest BCUT2D eigenvalue weighted by molar-refractivity contribution is 0.192. The molecule has 1 saturated heterocycles. The topological polar surface area (TPSA) is 98.4 Å². The number of piperidine rings is 1. The zero-order valence-electron chi connectivity index (χ0n) is 17.9. The third-order valence-electron chi connectivity index (χ3n) is 6.99. The van der Waals surface area contributed by atoms with Crippen molar-refractivity contribution in [2.75, 3.05) is 23.7 Å². The third-order valence-corrected chi connectivity index (χ3v) is 8.74. The Hall–Kier alpha value is -2.03. The Morgan fingerprint density at radius 1 is 1.23 bits per heavy atom. The molecule has 0 aromatic carbocycles. The first kappa shape index (κ1) is 20.8. The van der Waals surface area contributed by atoms with Gasteiger partial charge in [0.15, 0.2) is 5.65 Å². The van der Waals surface area contributed by atoms with Gasteiger partial charge >= 0.3 is 0 Å². The summed E-state index contributed by atoms with van der Waals surface area (Å²) in [6.45, 7) is 6.30. The first-order valence-corrected chi connectivity index (χ1v) is 12.0. The van der Waals surface area contributed by atoms with Gasteiger partial charge < -0.3 is 16.4 Å². The molecule has 31 heavy (non-hydrogen) atoms. The number of nitrogens with zero attached hydrogens (tertiary/aromatic N) is 5. The van der Waals surface area contributed by atoms with Crippen molar-refractivity contribution in [3.05, 3.63) is 35.4 Å². The van der Waals surface area contributed by atoms with Gasteiger partial charge in [-0.15, -0.1) is 0 Å². The molecule has 4 heterocycles. The van der Waals surface area contributed by atoms with Gasteiger partial charge in [-0.25, -0.2) is 15.0 Å². The number of aryl methyl sites for hydroxylation is 1. The standard InChI is InChI=1S/C22H28ClN7S/c1-13-11-16(24)22(12-13)4-8-29(9-5-22)21-28-14(2)18(20-27-7-10-30(20)21)31-15-3-6-26-19(25)17(15)23/h3,6-7,10,13,16H,4-5,8-9,11-12,24H2,1-2H3,(H2,25,26)/t13-,16+/m0/s1. The lowest BCUT2D eigenvalue weighted by Gasteiger charge is -2.42. The summed E-state index contributed by atoms with van der Waals surface area (Å²) in [4.78, 5) is 17.9. The maximum absolute atomic E-state index is 6.56. The second-order valence-corrected chi connectivity index (χ2v) is 10.5. The zero-order valence-corrected chi connectivity index (χ0v) is 19.5. The highest BCUT2D eigenvalue weighted by molar-refractivity contribution is 7.99. The van der Waals surface area contributed by atoms with Crippen molar-refractivity contribution < 1.29 is 0 Å². The number of aromatic nitrogens is 4. The van der Waals surface area contributed by atoms with Crippen LogP contribution in [0.3, 0.4) is 0 Å². The van der Waals surface area contributed by atoms with Gasteiger partial charge in [0.25, 0.3) is 0 Å². The average molecular weight is 458 g/mol. The Bertz CT molecular complexity index is 1120. The van der Waals surface area contributed by atoms with Crippen LogP contribution < -0.4 is 16.4 Å². The van der Waals surface area contributed by atoms with Gasteiger partial charge in [0, 0.05) is 42.6 Å². The maximum atomic E-state index is 6.56. The number of nitrogens with two attached hydrogens (primary N) is 2. The molecule has 2 atom stereocenters. The molecular weight excluding hydrogens is 430 g/mol. The molecule has 1 aliphatic carbocycles. The molecule has 4 N–H and O–H groups in total. The summed E-state index contributed by atoms with van der Waals surface area (Å²) in [6, 6.07) is 2.19. The molecule has 1 saturated carbocycles. The monoisotopic (exact) mass is 457 g/mol. The highest BCUT2D eigenvalue weighted by Crippen LogP contribution is 2.48. The second kappa shape index (κ2) is 7.83. The molecule has 3 aromatic rings. The van der Waals surface area contributed by atoms with E-state index in [0.29, 0.717) is 22.3 Å². The summed E-state index contributed by atoms with van der Waals surface area (Å²) in [5.41, 5.74) is 14.5. The fourth-order valence-electron chi connectivity index (χ4n) is 5.36. The molecule has 0 bridgehead atoms. The number of fused-ring (bicyclic) bond motifs is 1. The summed E-state index contributed by atoms with van der Waals surface area (Å²) in [6.07, 6.45) is 10.1. The Morgan fingerprint density at radius 3 is 2.71 bits per heavy atom. The predicted molar refractivity (Wildman–Crippen MR) is 126 cm³/mol. The number of anilines is 2. The van der Waals surface area contributed by atoms with Crippen LogP contribution in [0.1, 0.15) is 38.3 Å². The van der Waals surface area contributed by atoms with E-state index in [9.17, 15) is 0 Å². The first-order valence-electron chi connectivity index (χ1n) is 10.8. The van der Waals surface area contributed by atoms with E-state index in [1.165, 1.54) is 18.2 Å². The van der Waals surface area contributed by atoms with Crippen molar-refractivity contribution in [1.82, 2.24) is 19.4 Å². The minimum absolute atomic E-state index is 0.298. The van der Waals surface area contributed by atoms with E-state index >= 15 is 0 Å². The van der Waals surface area contributed by atoms with Crippen molar-refractivity contribution in [1.29, 1.82) is 0 Å². The molecule has 0 unspecified atom stereocenters. The molecule has 2 aliphatic rings. The van der Waals surface area contributed by atoms with E-state index in [0.717, 1.165) is 65.4 Å². The zero-order chi connectivity index (χ0) is 21.8. The number of pyridine rings is 1. The molecule has 1 aliphatic heterocycles. The van der Waals surface area contributed by atoms with Crippen molar-refractivity contribution in [2.45, 2.75) is 55.4 Å². The minimum Gasteiger partial charge on any atom is -0.382 e. The Kier molecular flexibility index (Phi) is 5.27. The van der Waals surface area contributed by atoms with Gasteiger partial charge in [0.2, 0.25) is 5.95 Å². The van der Waals surface area contributed by atoms with Crippen LogP contribution in [0, 0.1) is 18.3 Å². The number of hydrogen-bond acceptors (Lipinski definition) is 7. The van der Waals surface area contributed by atoms with Gasteiger partial charge in [0.05, 0.1) is 15.6 Å². The molecule has 9 heteroatoms. The minimum atomic E-state index is 0.298. The van der Waals surface area contributed by atoms with Gasteiger partial charge in [-0.3, -0.25) is 4.40 Å². The fourth-order valence-corrected chi connectivity index (χ4v) is 6.57. The summed E-state index contributed by atoms with van der Waals surface area (Å²) >= 11 is 7.91. The normalized spacial score (nSPS) is 23.2. The molecular formula is C22H28ClN7S. The number of hydrogen-bond donors (Lipinski definition) is 2. The Labute approximate surface area is 191 Å². The lowest BCUT2D eigenvalue weighted by Crippen LogP contribution is -2.47. The molecule has 5 rings (SSSR count). The first-order chi connectivity index (χ1) is 14.9. The van der Waals surface area contributed by atoms with Crippen molar-refractivity contribution >= 4 is 40.8 Å². The van der Waals surface area contributed by atoms with E-state index < -0.39 is 0 Å².